The lowest BCUT2D eigenvalue weighted by molar-refractivity contribution is -0.120. The van der Waals surface area contributed by atoms with Gasteiger partial charge in [0.2, 0.25) is 5.91 Å². The zero-order valence-corrected chi connectivity index (χ0v) is 11.7. The Bertz CT molecular complexity index is 471. The highest BCUT2D eigenvalue weighted by Gasteiger charge is 2.30. The molecule has 1 aliphatic carbocycles. The summed E-state index contributed by atoms with van der Waals surface area (Å²) in [6, 6.07) is 0.524. The summed E-state index contributed by atoms with van der Waals surface area (Å²) in [6.45, 7) is 1.22. The molecule has 6 nitrogen and oxygen atoms in total. The molecule has 19 heavy (non-hydrogen) atoms. The van der Waals surface area contributed by atoms with Gasteiger partial charge in [-0.05, 0) is 25.7 Å². The zero-order valence-electron chi connectivity index (χ0n) is 10.8. The van der Waals surface area contributed by atoms with Crippen LogP contribution in [0.2, 0.25) is 0 Å². The van der Waals surface area contributed by atoms with Gasteiger partial charge in [-0.3, -0.25) is 4.79 Å². The molecule has 104 valence electrons. The van der Waals surface area contributed by atoms with Crippen LogP contribution in [0.15, 0.2) is 5.16 Å². The van der Waals surface area contributed by atoms with Crippen LogP contribution >= 0.6 is 11.8 Å². The predicted molar refractivity (Wildman–Crippen MR) is 72.7 cm³/mol. The summed E-state index contributed by atoms with van der Waals surface area (Å²) in [6.07, 6.45) is 5.01. The highest BCUT2D eigenvalue weighted by atomic mass is 32.2. The monoisotopic (exact) mass is 281 g/mol. The highest BCUT2D eigenvalue weighted by Crippen LogP contribution is 2.40. The van der Waals surface area contributed by atoms with Crippen molar-refractivity contribution in [2.45, 2.75) is 55.1 Å². The number of carbonyl (C=O) groups is 1. The molecule has 0 radical (unpaired) electrons. The van der Waals surface area contributed by atoms with E-state index in [4.69, 9.17) is 5.73 Å². The molecule has 1 atom stereocenters. The molecule has 3 rings (SSSR count). The number of thioether (sulfide) groups is 1. The number of hydrogen-bond donors (Lipinski definition) is 2. The Balaban J connectivity index is 1.75. The molecule has 1 saturated heterocycles. The van der Waals surface area contributed by atoms with Crippen LogP contribution in [-0.4, -0.2) is 32.5 Å². The zero-order chi connectivity index (χ0) is 13.2. The molecular weight excluding hydrogens is 262 g/mol. The van der Waals surface area contributed by atoms with Gasteiger partial charge >= 0.3 is 0 Å². The van der Waals surface area contributed by atoms with E-state index in [2.05, 4.69) is 20.1 Å². The number of nitrogens with zero attached hydrogens (tertiary/aromatic N) is 3. The maximum Gasteiger partial charge on any atom is 0.221 e. The van der Waals surface area contributed by atoms with Crippen molar-refractivity contribution in [3.63, 3.8) is 0 Å². The van der Waals surface area contributed by atoms with E-state index < -0.39 is 0 Å². The summed E-state index contributed by atoms with van der Waals surface area (Å²) in [4.78, 5) is 11.6. The molecule has 1 aromatic rings. The van der Waals surface area contributed by atoms with E-state index >= 15 is 0 Å². The molecular formula is C12H19N5OS. The Morgan fingerprint density at radius 1 is 1.37 bits per heavy atom. The average Bonchev–Trinajstić information content (AvgIpc) is 3.18. The fraction of sp³-hybridized carbons (Fsp3) is 0.750. The molecule has 0 spiro atoms. The molecule has 2 aliphatic rings. The molecule has 7 heteroatoms. The van der Waals surface area contributed by atoms with Crippen molar-refractivity contribution in [1.82, 2.24) is 20.1 Å². The van der Waals surface area contributed by atoms with Gasteiger partial charge in [0, 0.05) is 24.3 Å². The number of aromatic nitrogens is 3. The summed E-state index contributed by atoms with van der Waals surface area (Å²) in [5, 5.41) is 12.6. The second-order valence-corrected chi connectivity index (χ2v) is 6.41. The largest absolute Gasteiger partial charge is 0.356 e. The first kappa shape index (κ1) is 12.9. The Morgan fingerprint density at radius 3 is 2.95 bits per heavy atom. The molecule has 2 fully saturated rings. The van der Waals surface area contributed by atoms with Crippen molar-refractivity contribution in [2.24, 2.45) is 5.73 Å². The predicted octanol–water partition coefficient (Wildman–Crippen LogP) is 0.832. The van der Waals surface area contributed by atoms with E-state index in [1.54, 1.807) is 11.8 Å². The maximum atomic E-state index is 11.6. The SMILES string of the molecule is NCc1nnc(SC2CCCNC(=O)C2)n1C1CC1. The van der Waals surface area contributed by atoms with E-state index in [0.29, 0.717) is 24.3 Å². The Kier molecular flexibility index (Phi) is 3.74. The molecule has 3 N–H and O–H groups in total. The lowest BCUT2D eigenvalue weighted by Crippen LogP contribution is -2.23. The van der Waals surface area contributed by atoms with Gasteiger partial charge in [-0.2, -0.15) is 0 Å². The topological polar surface area (TPSA) is 85.8 Å². The van der Waals surface area contributed by atoms with Crippen LogP contribution in [0.5, 0.6) is 0 Å². The van der Waals surface area contributed by atoms with E-state index in [1.165, 1.54) is 12.8 Å². The second kappa shape index (κ2) is 5.50. The van der Waals surface area contributed by atoms with Crippen LogP contribution in [0, 0.1) is 0 Å². The van der Waals surface area contributed by atoms with Crippen LogP contribution in [0.3, 0.4) is 0 Å². The van der Waals surface area contributed by atoms with Crippen LogP contribution < -0.4 is 11.1 Å². The molecule has 1 saturated carbocycles. The Morgan fingerprint density at radius 2 is 2.21 bits per heavy atom. The lowest BCUT2D eigenvalue weighted by Gasteiger charge is -2.13. The third-order valence-corrected chi connectivity index (χ3v) is 4.76. The van der Waals surface area contributed by atoms with Crippen molar-refractivity contribution in [2.75, 3.05) is 6.54 Å². The molecule has 0 aromatic carbocycles. The molecule has 1 unspecified atom stereocenters. The fourth-order valence-corrected chi connectivity index (χ4v) is 3.69. The van der Waals surface area contributed by atoms with E-state index in [9.17, 15) is 4.79 Å². The van der Waals surface area contributed by atoms with Gasteiger partial charge in [0.1, 0.15) is 5.82 Å². The average molecular weight is 281 g/mol. The molecule has 2 heterocycles. The van der Waals surface area contributed by atoms with E-state index in [0.717, 1.165) is 30.4 Å². The first-order chi connectivity index (χ1) is 9.28. The summed E-state index contributed by atoms with van der Waals surface area (Å²) in [5.41, 5.74) is 5.71. The molecule has 1 aliphatic heterocycles. The first-order valence-electron chi connectivity index (χ1n) is 6.85. The molecule has 0 bridgehead atoms. The quantitative estimate of drug-likeness (QED) is 0.854. The number of amides is 1. The third-order valence-electron chi connectivity index (χ3n) is 3.54. The van der Waals surface area contributed by atoms with Crippen LogP contribution in [0.25, 0.3) is 0 Å². The summed E-state index contributed by atoms with van der Waals surface area (Å²) < 4.78 is 2.17. The van der Waals surface area contributed by atoms with Crippen LogP contribution in [-0.2, 0) is 11.3 Å². The number of hydrogen-bond acceptors (Lipinski definition) is 5. The van der Waals surface area contributed by atoms with Gasteiger partial charge in [-0.15, -0.1) is 10.2 Å². The summed E-state index contributed by atoms with van der Waals surface area (Å²) in [5.74, 6) is 1.01. The number of nitrogens with one attached hydrogen (secondary N) is 1. The minimum Gasteiger partial charge on any atom is -0.356 e. The van der Waals surface area contributed by atoms with Crippen LogP contribution in [0.1, 0.15) is 44.0 Å². The summed E-state index contributed by atoms with van der Waals surface area (Å²) in [7, 11) is 0. The van der Waals surface area contributed by atoms with Crippen molar-refractivity contribution in [3.8, 4) is 0 Å². The van der Waals surface area contributed by atoms with Gasteiger partial charge in [0.25, 0.3) is 0 Å². The van der Waals surface area contributed by atoms with Gasteiger partial charge < -0.3 is 15.6 Å². The Hall–Kier alpha value is -1.08. The second-order valence-electron chi connectivity index (χ2n) is 5.14. The minimum absolute atomic E-state index is 0.145. The fourth-order valence-electron chi connectivity index (χ4n) is 2.41. The standard InChI is InChI=1S/C12H19N5OS/c13-7-10-15-16-12(17(10)8-3-4-8)19-9-2-1-5-14-11(18)6-9/h8-9H,1-7,13H2,(H,14,18). The maximum absolute atomic E-state index is 11.6. The van der Waals surface area contributed by atoms with Crippen molar-refractivity contribution >= 4 is 17.7 Å². The van der Waals surface area contributed by atoms with Crippen LogP contribution in [0.4, 0.5) is 0 Å². The smallest absolute Gasteiger partial charge is 0.221 e. The van der Waals surface area contributed by atoms with Gasteiger partial charge in [-0.1, -0.05) is 11.8 Å². The number of rotatable bonds is 4. The van der Waals surface area contributed by atoms with E-state index in [-0.39, 0.29) is 5.91 Å². The minimum atomic E-state index is 0.145. The molecule has 1 amide bonds. The van der Waals surface area contributed by atoms with Crippen molar-refractivity contribution in [3.05, 3.63) is 5.82 Å². The molecule has 1 aromatic heterocycles. The number of nitrogens with two attached hydrogens (primary N) is 1. The lowest BCUT2D eigenvalue weighted by atomic mass is 10.2. The van der Waals surface area contributed by atoms with Gasteiger partial charge in [-0.25, -0.2) is 0 Å². The highest BCUT2D eigenvalue weighted by molar-refractivity contribution is 7.99. The van der Waals surface area contributed by atoms with Gasteiger partial charge in [0.15, 0.2) is 5.16 Å². The van der Waals surface area contributed by atoms with E-state index in [1.807, 2.05) is 0 Å². The van der Waals surface area contributed by atoms with Gasteiger partial charge in [0.05, 0.1) is 6.54 Å². The Labute approximate surface area is 116 Å². The summed E-state index contributed by atoms with van der Waals surface area (Å²) >= 11 is 1.69. The van der Waals surface area contributed by atoms with Crippen molar-refractivity contribution < 1.29 is 4.79 Å². The first-order valence-corrected chi connectivity index (χ1v) is 7.73. The third kappa shape index (κ3) is 2.92. The van der Waals surface area contributed by atoms with Crippen molar-refractivity contribution in [1.29, 1.82) is 0 Å². The normalized spacial score (nSPS) is 24.1. The number of carbonyl (C=O) groups excluding carboxylic acids is 1.